The summed E-state index contributed by atoms with van der Waals surface area (Å²) in [5, 5.41) is 3.75. The second-order valence-electron chi connectivity index (χ2n) is 5.70. The van der Waals surface area contributed by atoms with Crippen molar-refractivity contribution in [1.29, 1.82) is 0 Å². The summed E-state index contributed by atoms with van der Waals surface area (Å²) in [6.07, 6.45) is -3.23. The number of benzene rings is 1. The molecule has 1 amide bonds. The first kappa shape index (κ1) is 18.2. The fourth-order valence-corrected chi connectivity index (χ4v) is 2.63. The summed E-state index contributed by atoms with van der Waals surface area (Å²) >= 11 is 0. The van der Waals surface area contributed by atoms with Gasteiger partial charge < -0.3 is 18.9 Å². The number of hydrogen-bond acceptors (Lipinski definition) is 6. The molecule has 1 aliphatic rings. The number of carbonyl (C=O) groups is 1. The van der Waals surface area contributed by atoms with Crippen molar-refractivity contribution >= 4 is 5.91 Å². The van der Waals surface area contributed by atoms with Crippen LogP contribution in [0.1, 0.15) is 17.4 Å². The lowest BCUT2D eigenvalue weighted by Crippen LogP contribution is -2.44. The van der Waals surface area contributed by atoms with E-state index in [1.807, 2.05) is 0 Å². The second-order valence-corrected chi connectivity index (χ2v) is 5.70. The van der Waals surface area contributed by atoms with E-state index in [4.69, 9.17) is 14.0 Å². The lowest BCUT2D eigenvalue weighted by molar-refractivity contribution is -0.153. The van der Waals surface area contributed by atoms with Crippen LogP contribution >= 0.6 is 0 Å². The van der Waals surface area contributed by atoms with Crippen LogP contribution in [0.2, 0.25) is 0 Å². The van der Waals surface area contributed by atoms with Crippen LogP contribution in [0.4, 0.5) is 13.2 Å². The summed E-state index contributed by atoms with van der Waals surface area (Å²) in [5.41, 5.74) is 0.549. The molecule has 0 bridgehead atoms. The van der Waals surface area contributed by atoms with Gasteiger partial charge in [-0.25, -0.2) is 0 Å². The number of halogens is 3. The van der Waals surface area contributed by atoms with Gasteiger partial charge in [0.15, 0.2) is 12.4 Å². The van der Waals surface area contributed by atoms with E-state index in [1.54, 1.807) is 17.0 Å². The van der Waals surface area contributed by atoms with E-state index in [0.717, 1.165) is 0 Å². The van der Waals surface area contributed by atoms with Gasteiger partial charge in [-0.15, -0.1) is 0 Å². The Hall–Kier alpha value is -2.62. The molecule has 140 valence electrons. The van der Waals surface area contributed by atoms with E-state index in [-0.39, 0.29) is 24.7 Å². The smallest absolute Gasteiger partial charge is 0.422 e. The number of nitrogens with zero attached hydrogens (tertiary/aromatic N) is 3. The van der Waals surface area contributed by atoms with Gasteiger partial charge in [0.2, 0.25) is 12.3 Å². The molecular formula is C16H16F3N3O4. The average molecular weight is 371 g/mol. The van der Waals surface area contributed by atoms with Gasteiger partial charge in [0, 0.05) is 6.54 Å². The number of hydrogen-bond donors (Lipinski definition) is 0. The minimum absolute atomic E-state index is 0.0115. The first-order valence-electron chi connectivity index (χ1n) is 7.84. The largest absolute Gasteiger partial charge is 0.484 e. The second kappa shape index (κ2) is 7.73. The molecule has 7 nitrogen and oxygen atoms in total. The van der Waals surface area contributed by atoms with Crippen molar-refractivity contribution in [1.82, 2.24) is 15.0 Å². The van der Waals surface area contributed by atoms with Crippen molar-refractivity contribution in [3.63, 3.8) is 0 Å². The minimum Gasteiger partial charge on any atom is -0.484 e. The molecular weight excluding hydrogens is 355 g/mol. The summed E-state index contributed by atoms with van der Waals surface area (Å²) in [5.74, 6) is 0.195. The zero-order valence-corrected chi connectivity index (χ0v) is 13.6. The van der Waals surface area contributed by atoms with Crippen molar-refractivity contribution in [2.45, 2.75) is 18.6 Å². The first-order chi connectivity index (χ1) is 12.4. The predicted molar refractivity (Wildman–Crippen MR) is 81.3 cm³/mol. The van der Waals surface area contributed by atoms with Gasteiger partial charge in [0.1, 0.15) is 11.8 Å². The zero-order valence-electron chi connectivity index (χ0n) is 13.6. The number of rotatable bonds is 5. The van der Waals surface area contributed by atoms with Crippen LogP contribution in [-0.2, 0) is 16.0 Å². The molecule has 1 fully saturated rings. The Morgan fingerprint density at radius 2 is 2.23 bits per heavy atom. The SMILES string of the molecule is O=C(Cc1cccc(OCC(F)(F)F)c1)N1CCOCC1c1ncon1. The Kier molecular flexibility index (Phi) is 5.40. The van der Waals surface area contributed by atoms with E-state index in [1.165, 1.54) is 18.5 Å². The molecule has 10 heteroatoms. The minimum atomic E-state index is -4.42. The van der Waals surface area contributed by atoms with Gasteiger partial charge in [-0.2, -0.15) is 18.2 Å². The molecule has 1 saturated heterocycles. The summed E-state index contributed by atoms with van der Waals surface area (Å²) in [6.45, 7) is -0.384. The van der Waals surface area contributed by atoms with Crippen molar-refractivity contribution in [3.8, 4) is 5.75 Å². The number of carbonyl (C=O) groups excluding carboxylic acids is 1. The summed E-state index contributed by atoms with van der Waals surface area (Å²) in [4.78, 5) is 18.2. The van der Waals surface area contributed by atoms with Crippen molar-refractivity contribution < 1.29 is 32.0 Å². The molecule has 0 N–H and O–H groups in total. The summed E-state index contributed by atoms with van der Waals surface area (Å²) in [6, 6.07) is 5.58. The van der Waals surface area contributed by atoms with Crippen LogP contribution in [0.3, 0.4) is 0 Å². The van der Waals surface area contributed by atoms with Gasteiger partial charge in [0.05, 0.1) is 19.6 Å². The van der Waals surface area contributed by atoms with Gasteiger partial charge in [0.25, 0.3) is 0 Å². The molecule has 3 rings (SSSR count). The third kappa shape index (κ3) is 4.72. The highest BCUT2D eigenvalue weighted by Gasteiger charge is 2.31. The van der Waals surface area contributed by atoms with E-state index < -0.39 is 18.8 Å². The third-order valence-corrected chi connectivity index (χ3v) is 3.78. The fourth-order valence-electron chi connectivity index (χ4n) is 2.63. The summed E-state index contributed by atoms with van der Waals surface area (Å²) < 4.78 is 51.6. The Morgan fingerprint density at radius 1 is 1.38 bits per heavy atom. The maximum Gasteiger partial charge on any atom is 0.422 e. The lowest BCUT2D eigenvalue weighted by Gasteiger charge is -2.33. The van der Waals surface area contributed by atoms with E-state index in [0.29, 0.717) is 24.5 Å². The normalized spacial score (nSPS) is 18.0. The van der Waals surface area contributed by atoms with Crippen LogP contribution < -0.4 is 4.74 Å². The molecule has 0 saturated carbocycles. The van der Waals surface area contributed by atoms with E-state index in [2.05, 4.69) is 10.1 Å². The Balaban J connectivity index is 1.67. The van der Waals surface area contributed by atoms with Crippen molar-refractivity contribution in [2.24, 2.45) is 0 Å². The molecule has 26 heavy (non-hydrogen) atoms. The predicted octanol–water partition coefficient (Wildman–Crippen LogP) is 2.15. The lowest BCUT2D eigenvalue weighted by atomic mass is 10.1. The highest BCUT2D eigenvalue weighted by Crippen LogP contribution is 2.24. The quantitative estimate of drug-likeness (QED) is 0.802. The molecule has 0 radical (unpaired) electrons. The molecule has 1 unspecified atom stereocenters. The van der Waals surface area contributed by atoms with Crippen molar-refractivity contribution in [2.75, 3.05) is 26.4 Å². The Labute approximate surface area is 146 Å². The highest BCUT2D eigenvalue weighted by atomic mass is 19.4. The maximum absolute atomic E-state index is 12.7. The molecule has 0 spiro atoms. The van der Waals surface area contributed by atoms with Crippen molar-refractivity contribution in [3.05, 3.63) is 42.0 Å². The van der Waals surface area contributed by atoms with Crippen LogP contribution in [-0.4, -0.2) is 53.5 Å². The number of aromatic nitrogens is 2. The Bertz CT molecular complexity index is 737. The molecule has 1 atom stereocenters. The number of morpholine rings is 1. The third-order valence-electron chi connectivity index (χ3n) is 3.78. The number of amides is 1. The van der Waals surface area contributed by atoms with Crippen LogP contribution in [0.5, 0.6) is 5.75 Å². The molecule has 1 aliphatic heterocycles. The fraction of sp³-hybridized carbons (Fsp3) is 0.438. The van der Waals surface area contributed by atoms with Crippen LogP contribution in [0.25, 0.3) is 0 Å². The molecule has 1 aromatic heterocycles. The summed E-state index contributed by atoms with van der Waals surface area (Å²) in [7, 11) is 0. The average Bonchev–Trinajstić information content (AvgIpc) is 3.14. The maximum atomic E-state index is 12.7. The van der Waals surface area contributed by atoms with Gasteiger partial charge in [-0.3, -0.25) is 4.79 Å². The standard InChI is InChI=1S/C16H16F3N3O4/c17-16(18,19)9-25-12-3-1-2-11(6-12)7-14(23)22-4-5-24-8-13(22)15-20-10-26-21-15/h1-3,6,10,13H,4-5,7-9H2. The zero-order chi connectivity index (χ0) is 18.6. The number of alkyl halides is 3. The first-order valence-corrected chi connectivity index (χ1v) is 7.84. The monoisotopic (exact) mass is 371 g/mol. The van der Waals surface area contributed by atoms with Gasteiger partial charge >= 0.3 is 6.18 Å². The van der Waals surface area contributed by atoms with E-state index in [9.17, 15) is 18.0 Å². The molecule has 2 heterocycles. The van der Waals surface area contributed by atoms with Crippen LogP contribution in [0.15, 0.2) is 35.2 Å². The highest BCUT2D eigenvalue weighted by molar-refractivity contribution is 5.79. The molecule has 2 aromatic rings. The topological polar surface area (TPSA) is 77.7 Å². The molecule has 1 aromatic carbocycles. The van der Waals surface area contributed by atoms with E-state index >= 15 is 0 Å². The molecule has 0 aliphatic carbocycles. The van der Waals surface area contributed by atoms with Gasteiger partial charge in [-0.1, -0.05) is 17.3 Å². The Morgan fingerprint density at radius 3 is 2.96 bits per heavy atom. The van der Waals surface area contributed by atoms with Gasteiger partial charge in [-0.05, 0) is 17.7 Å². The number of ether oxygens (including phenoxy) is 2. The van der Waals surface area contributed by atoms with Crippen LogP contribution in [0, 0.1) is 0 Å².